The molecule has 3 heterocycles. The van der Waals surface area contributed by atoms with Crippen molar-refractivity contribution >= 4 is 54.4 Å². The lowest BCUT2D eigenvalue weighted by Crippen LogP contribution is -1.97. The van der Waals surface area contributed by atoms with Crippen LogP contribution in [0.5, 0.6) is 0 Å². The van der Waals surface area contributed by atoms with E-state index in [0.717, 1.165) is 39.5 Å². The van der Waals surface area contributed by atoms with Crippen molar-refractivity contribution in [3.8, 4) is 45.0 Å². The Labute approximate surface area is 312 Å². The Hall–Kier alpha value is -7.23. The largest absolute Gasteiger partial charge is 0.309 e. The molecule has 0 fully saturated rings. The van der Waals surface area contributed by atoms with Crippen LogP contribution in [0.1, 0.15) is 0 Å². The molecule has 3 aromatic heterocycles. The van der Waals surface area contributed by atoms with Crippen LogP contribution in [0.15, 0.2) is 200 Å². The summed E-state index contributed by atoms with van der Waals surface area (Å²) in [4.78, 5) is 5.22. The molecule has 0 amide bonds. The van der Waals surface area contributed by atoms with Gasteiger partial charge in [0.1, 0.15) is 0 Å². The number of hydrogen-bond donors (Lipinski definition) is 0. The molecule has 0 atom stereocenters. The average molecular weight is 688 g/mol. The summed E-state index contributed by atoms with van der Waals surface area (Å²) >= 11 is 0. The fraction of sp³-hybridized carbons (Fsp3) is 0. The van der Waals surface area contributed by atoms with Gasteiger partial charge < -0.3 is 9.13 Å². The Morgan fingerprint density at radius 1 is 0.296 bits per heavy atom. The van der Waals surface area contributed by atoms with Crippen LogP contribution in [0.2, 0.25) is 0 Å². The maximum Gasteiger partial charge on any atom is 0.0715 e. The van der Waals surface area contributed by atoms with Crippen molar-refractivity contribution in [2.24, 2.45) is 0 Å². The highest BCUT2D eigenvalue weighted by atomic mass is 15.0. The molecule has 0 N–H and O–H groups in total. The van der Waals surface area contributed by atoms with Gasteiger partial charge in [-0.1, -0.05) is 152 Å². The summed E-state index contributed by atoms with van der Waals surface area (Å²) in [6.07, 6.45) is 0. The fourth-order valence-corrected chi connectivity index (χ4v) is 8.52. The minimum absolute atomic E-state index is 0.948. The summed E-state index contributed by atoms with van der Waals surface area (Å²) in [7, 11) is 0. The molecule has 11 aromatic rings. The summed E-state index contributed by atoms with van der Waals surface area (Å²) in [6.45, 7) is 0. The number of pyridine rings is 1. The molecule has 3 nitrogen and oxygen atoms in total. The summed E-state index contributed by atoms with van der Waals surface area (Å²) in [6, 6.07) is 71.8. The SMILES string of the molecule is c1ccc(-c2cc(-c3ccccc3)nc(-c3ccc(-n4c5ccccc5c5c4c4ccccc4c4c6ccccc6n(-c6ccccc6)c45)cc3)c2)cc1. The first kappa shape index (κ1) is 30.4. The fourth-order valence-electron chi connectivity index (χ4n) is 8.52. The van der Waals surface area contributed by atoms with Crippen LogP contribution in [0.3, 0.4) is 0 Å². The first-order chi connectivity index (χ1) is 26.8. The zero-order valence-electron chi connectivity index (χ0n) is 29.4. The van der Waals surface area contributed by atoms with Gasteiger partial charge in [-0.15, -0.1) is 0 Å². The van der Waals surface area contributed by atoms with Gasteiger partial charge in [0.05, 0.1) is 33.5 Å². The van der Waals surface area contributed by atoms with E-state index in [9.17, 15) is 0 Å². The molecule has 54 heavy (non-hydrogen) atoms. The van der Waals surface area contributed by atoms with Crippen LogP contribution in [0.25, 0.3) is 99.4 Å². The lowest BCUT2D eigenvalue weighted by Gasteiger charge is -2.14. The van der Waals surface area contributed by atoms with Crippen molar-refractivity contribution in [3.63, 3.8) is 0 Å². The standard InChI is InChI=1S/C51H33N3/c1-4-16-34(17-5-1)37-32-44(35-18-6-2-7-19-35)52-45(33-37)36-28-30-39(31-29-36)53-47-27-15-13-25-43(47)49-50(53)41-23-11-10-22-40(41)48-42-24-12-14-26-46(42)54(51(48)49)38-20-8-3-9-21-38/h1-33H. The lowest BCUT2D eigenvalue weighted by atomic mass is 9.99. The smallest absolute Gasteiger partial charge is 0.0715 e. The molecule has 11 rings (SSSR count). The van der Waals surface area contributed by atoms with E-state index in [1.54, 1.807) is 0 Å². The van der Waals surface area contributed by atoms with E-state index < -0.39 is 0 Å². The van der Waals surface area contributed by atoms with Crippen molar-refractivity contribution in [2.45, 2.75) is 0 Å². The molecule has 252 valence electrons. The summed E-state index contributed by atoms with van der Waals surface area (Å²) in [5, 5.41) is 7.53. The van der Waals surface area contributed by atoms with E-state index in [4.69, 9.17) is 4.98 Å². The minimum Gasteiger partial charge on any atom is -0.309 e. The second-order valence-electron chi connectivity index (χ2n) is 13.9. The first-order valence-electron chi connectivity index (χ1n) is 18.5. The summed E-state index contributed by atoms with van der Waals surface area (Å²) in [5.41, 5.74) is 13.5. The van der Waals surface area contributed by atoms with Gasteiger partial charge in [0.2, 0.25) is 0 Å². The predicted molar refractivity (Wildman–Crippen MR) is 227 cm³/mol. The van der Waals surface area contributed by atoms with Gasteiger partial charge in [-0.3, -0.25) is 0 Å². The Morgan fingerprint density at radius 2 is 0.741 bits per heavy atom. The van der Waals surface area contributed by atoms with Gasteiger partial charge in [0.15, 0.2) is 0 Å². The molecular weight excluding hydrogens is 655 g/mol. The molecule has 0 radical (unpaired) electrons. The van der Waals surface area contributed by atoms with Crippen molar-refractivity contribution in [2.75, 3.05) is 0 Å². The van der Waals surface area contributed by atoms with E-state index >= 15 is 0 Å². The van der Waals surface area contributed by atoms with E-state index in [1.807, 2.05) is 6.07 Å². The van der Waals surface area contributed by atoms with Crippen LogP contribution in [0.4, 0.5) is 0 Å². The third kappa shape index (κ3) is 4.65. The van der Waals surface area contributed by atoms with Crippen LogP contribution in [0, 0.1) is 0 Å². The third-order valence-electron chi connectivity index (χ3n) is 10.9. The quantitative estimate of drug-likeness (QED) is 0.177. The number of nitrogens with zero attached hydrogens (tertiary/aromatic N) is 3. The first-order valence-corrected chi connectivity index (χ1v) is 18.5. The second kappa shape index (κ2) is 12.2. The van der Waals surface area contributed by atoms with Crippen LogP contribution in [-0.4, -0.2) is 14.1 Å². The molecule has 0 saturated carbocycles. The maximum atomic E-state index is 5.22. The lowest BCUT2D eigenvalue weighted by molar-refractivity contribution is 1.18. The number of aromatic nitrogens is 3. The highest BCUT2D eigenvalue weighted by Gasteiger charge is 2.24. The second-order valence-corrected chi connectivity index (χ2v) is 13.9. The molecule has 0 unspecified atom stereocenters. The molecule has 8 aromatic carbocycles. The molecule has 0 aliphatic rings. The Kier molecular flexibility index (Phi) is 6.86. The summed E-state index contributed by atoms with van der Waals surface area (Å²) in [5.74, 6) is 0. The minimum atomic E-state index is 0.948. The number of rotatable bonds is 5. The van der Waals surface area contributed by atoms with Gasteiger partial charge in [-0.25, -0.2) is 4.98 Å². The Bertz CT molecular complexity index is 3120. The third-order valence-corrected chi connectivity index (χ3v) is 10.9. The molecular formula is C51H33N3. The van der Waals surface area contributed by atoms with Crippen molar-refractivity contribution in [3.05, 3.63) is 200 Å². The molecule has 0 bridgehead atoms. The van der Waals surface area contributed by atoms with E-state index in [-0.39, 0.29) is 0 Å². The number of fused-ring (bicyclic) bond motifs is 10. The van der Waals surface area contributed by atoms with E-state index in [1.165, 1.54) is 59.9 Å². The highest BCUT2D eigenvalue weighted by Crippen LogP contribution is 2.46. The van der Waals surface area contributed by atoms with Gasteiger partial charge in [0.25, 0.3) is 0 Å². The molecule has 3 heteroatoms. The van der Waals surface area contributed by atoms with Crippen molar-refractivity contribution in [1.29, 1.82) is 0 Å². The predicted octanol–water partition coefficient (Wildman–Crippen LogP) is 13.4. The van der Waals surface area contributed by atoms with Crippen LogP contribution in [-0.2, 0) is 0 Å². The number of para-hydroxylation sites is 3. The monoisotopic (exact) mass is 687 g/mol. The maximum absolute atomic E-state index is 5.22. The van der Waals surface area contributed by atoms with Gasteiger partial charge in [0, 0.05) is 49.4 Å². The van der Waals surface area contributed by atoms with Gasteiger partial charge in [-0.05, 0) is 65.0 Å². The molecule has 0 saturated heterocycles. The Balaban J connectivity index is 1.18. The molecule has 0 aliphatic heterocycles. The zero-order chi connectivity index (χ0) is 35.6. The van der Waals surface area contributed by atoms with E-state index in [2.05, 4.69) is 203 Å². The van der Waals surface area contributed by atoms with Crippen molar-refractivity contribution in [1.82, 2.24) is 14.1 Å². The normalized spacial score (nSPS) is 11.7. The zero-order valence-corrected chi connectivity index (χ0v) is 29.4. The van der Waals surface area contributed by atoms with E-state index in [0.29, 0.717) is 0 Å². The van der Waals surface area contributed by atoms with Crippen molar-refractivity contribution < 1.29 is 0 Å². The Morgan fingerprint density at radius 3 is 1.37 bits per heavy atom. The molecule has 0 aliphatic carbocycles. The van der Waals surface area contributed by atoms with Gasteiger partial charge in [-0.2, -0.15) is 0 Å². The number of benzene rings is 8. The topological polar surface area (TPSA) is 22.8 Å². The van der Waals surface area contributed by atoms with Crippen LogP contribution >= 0.6 is 0 Å². The average Bonchev–Trinajstić information content (AvgIpc) is 3.79. The summed E-state index contributed by atoms with van der Waals surface area (Å²) < 4.78 is 4.93. The highest BCUT2D eigenvalue weighted by molar-refractivity contribution is 6.36. The van der Waals surface area contributed by atoms with Gasteiger partial charge >= 0.3 is 0 Å². The number of hydrogen-bond acceptors (Lipinski definition) is 1. The molecule has 0 spiro atoms. The van der Waals surface area contributed by atoms with Crippen LogP contribution < -0.4 is 0 Å².